The number of halogens is 1. The second-order valence-electron chi connectivity index (χ2n) is 4.84. The Hall–Kier alpha value is -1.48. The zero-order valence-electron chi connectivity index (χ0n) is 10.0. The predicted octanol–water partition coefficient (Wildman–Crippen LogP) is 3.55. The molecular weight excluding hydrogens is 238 g/mol. The molecule has 0 unspecified atom stereocenters. The van der Waals surface area contributed by atoms with Gasteiger partial charge in [-0.05, 0) is 39.0 Å². The van der Waals surface area contributed by atoms with Crippen LogP contribution >= 0.6 is 11.6 Å². The van der Waals surface area contributed by atoms with Crippen molar-refractivity contribution in [2.75, 3.05) is 0 Å². The van der Waals surface area contributed by atoms with Gasteiger partial charge in [-0.3, -0.25) is 0 Å². The highest BCUT2D eigenvalue weighted by molar-refractivity contribution is 6.30. The molecule has 17 heavy (non-hydrogen) atoms. The van der Waals surface area contributed by atoms with Gasteiger partial charge in [0.25, 0.3) is 0 Å². The third-order valence-corrected chi connectivity index (χ3v) is 2.54. The second-order valence-corrected chi connectivity index (χ2v) is 5.23. The Morgan fingerprint density at radius 2 is 2.06 bits per heavy atom. The highest BCUT2D eigenvalue weighted by Crippen LogP contribution is 2.23. The van der Waals surface area contributed by atoms with Crippen molar-refractivity contribution in [2.45, 2.75) is 26.4 Å². The third-order valence-electron chi connectivity index (χ3n) is 2.25. The summed E-state index contributed by atoms with van der Waals surface area (Å²) in [4.78, 5) is 12.0. The molecule has 90 valence electrons. The lowest BCUT2D eigenvalue weighted by Gasteiger charge is -2.19. The van der Waals surface area contributed by atoms with Crippen molar-refractivity contribution in [2.24, 2.45) is 0 Å². The summed E-state index contributed by atoms with van der Waals surface area (Å²) in [5.74, 6) is -0.354. The zero-order valence-corrected chi connectivity index (χ0v) is 10.8. The molecule has 2 rings (SSSR count). The van der Waals surface area contributed by atoms with Crippen molar-refractivity contribution in [3.8, 4) is 0 Å². The minimum atomic E-state index is -0.507. The maximum Gasteiger partial charge on any atom is 0.340 e. The van der Waals surface area contributed by atoms with Crippen LogP contribution in [0.3, 0.4) is 0 Å². The van der Waals surface area contributed by atoms with E-state index in [1.165, 1.54) is 0 Å². The standard InChI is InChI=1S/C13H14ClNO2/c1-13(2,3)17-12(16)9-8-11(14)15-7-5-4-6-10(9)15/h4-8H,1-3H3. The first kappa shape index (κ1) is 12.0. The van der Waals surface area contributed by atoms with Crippen molar-refractivity contribution < 1.29 is 9.53 Å². The fraction of sp³-hybridized carbons (Fsp3) is 0.308. The number of esters is 1. The summed E-state index contributed by atoms with van der Waals surface area (Å²) >= 11 is 6.05. The Balaban J connectivity index is 2.46. The lowest BCUT2D eigenvalue weighted by Crippen LogP contribution is -2.23. The summed E-state index contributed by atoms with van der Waals surface area (Å²) < 4.78 is 7.09. The van der Waals surface area contributed by atoms with Crippen LogP contribution < -0.4 is 0 Å². The number of carbonyl (C=O) groups is 1. The van der Waals surface area contributed by atoms with Crippen LogP contribution in [0.5, 0.6) is 0 Å². The first-order valence-electron chi connectivity index (χ1n) is 5.37. The highest BCUT2D eigenvalue weighted by Gasteiger charge is 2.21. The second kappa shape index (κ2) is 4.08. The minimum Gasteiger partial charge on any atom is -0.456 e. The van der Waals surface area contributed by atoms with Gasteiger partial charge >= 0.3 is 5.97 Å². The van der Waals surface area contributed by atoms with Crippen molar-refractivity contribution in [3.05, 3.63) is 41.2 Å². The SMILES string of the molecule is CC(C)(C)OC(=O)c1cc(Cl)n2ccccc12. The van der Waals surface area contributed by atoms with E-state index >= 15 is 0 Å². The van der Waals surface area contributed by atoms with E-state index in [4.69, 9.17) is 16.3 Å². The molecule has 0 aliphatic heterocycles. The summed E-state index contributed by atoms with van der Waals surface area (Å²) in [6.45, 7) is 5.51. The summed E-state index contributed by atoms with van der Waals surface area (Å²) in [7, 11) is 0. The van der Waals surface area contributed by atoms with Gasteiger partial charge < -0.3 is 9.14 Å². The van der Waals surface area contributed by atoms with Gasteiger partial charge in [-0.15, -0.1) is 0 Å². The van der Waals surface area contributed by atoms with Crippen molar-refractivity contribution >= 4 is 23.1 Å². The highest BCUT2D eigenvalue weighted by atomic mass is 35.5. The number of pyridine rings is 1. The van der Waals surface area contributed by atoms with Gasteiger partial charge in [0.15, 0.2) is 0 Å². The van der Waals surface area contributed by atoms with E-state index in [9.17, 15) is 4.79 Å². The molecule has 0 saturated heterocycles. The van der Waals surface area contributed by atoms with E-state index in [1.54, 1.807) is 10.5 Å². The van der Waals surface area contributed by atoms with E-state index in [0.29, 0.717) is 10.7 Å². The number of ether oxygens (including phenoxy) is 1. The average molecular weight is 252 g/mol. The van der Waals surface area contributed by atoms with Crippen LogP contribution in [0.1, 0.15) is 31.1 Å². The fourth-order valence-electron chi connectivity index (χ4n) is 1.61. The third kappa shape index (κ3) is 2.44. The van der Waals surface area contributed by atoms with Crippen LogP contribution in [0.2, 0.25) is 5.15 Å². The Kier molecular flexibility index (Phi) is 2.87. The van der Waals surface area contributed by atoms with E-state index < -0.39 is 5.60 Å². The molecule has 0 saturated carbocycles. The molecule has 0 spiro atoms. The zero-order chi connectivity index (χ0) is 12.6. The number of rotatable bonds is 1. The molecule has 0 bridgehead atoms. The predicted molar refractivity (Wildman–Crippen MR) is 67.6 cm³/mol. The molecule has 0 aliphatic carbocycles. The minimum absolute atomic E-state index is 0.354. The van der Waals surface area contributed by atoms with Gasteiger partial charge in [-0.25, -0.2) is 4.79 Å². The Morgan fingerprint density at radius 1 is 1.35 bits per heavy atom. The lowest BCUT2D eigenvalue weighted by atomic mass is 10.2. The molecule has 0 aromatic carbocycles. The monoisotopic (exact) mass is 251 g/mol. The summed E-state index contributed by atoms with van der Waals surface area (Å²) in [6, 6.07) is 7.19. The molecule has 0 atom stereocenters. The van der Waals surface area contributed by atoms with Gasteiger partial charge in [0.05, 0.1) is 11.1 Å². The molecular formula is C13H14ClNO2. The lowest BCUT2D eigenvalue weighted by molar-refractivity contribution is 0.00720. The van der Waals surface area contributed by atoms with Gasteiger partial charge in [0, 0.05) is 6.20 Å². The molecule has 0 N–H and O–H groups in total. The normalized spacial score (nSPS) is 11.8. The van der Waals surface area contributed by atoms with E-state index in [-0.39, 0.29) is 5.97 Å². The Morgan fingerprint density at radius 3 is 2.71 bits per heavy atom. The number of nitrogens with zero attached hydrogens (tertiary/aromatic N) is 1. The summed E-state index contributed by atoms with van der Waals surface area (Å²) in [5, 5.41) is 0.501. The van der Waals surface area contributed by atoms with Crippen molar-refractivity contribution in [1.29, 1.82) is 0 Å². The molecule has 0 amide bonds. The van der Waals surface area contributed by atoms with Crippen LogP contribution in [0.25, 0.3) is 5.52 Å². The van der Waals surface area contributed by atoms with Crippen LogP contribution in [-0.4, -0.2) is 16.0 Å². The Bertz CT molecular complexity index is 566. The van der Waals surface area contributed by atoms with Gasteiger partial charge in [-0.2, -0.15) is 0 Å². The van der Waals surface area contributed by atoms with Crippen molar-refractivity contribution in [3.63, 3.8) is 0 Å². The fourth-order valence-corrected chi connectivity index (χ4v) is 1.86. The number of hydrogen-bond donors (Lipinski definition) is 0. The van der Waals surface area contributed by atoms with E-state index in [1.807, 2.05) is 45.2 Å². The maximum absolute atomic E-state index is 12.0. The molecule has 0 radical (unpaired) electrons. The van der Waals surface area contributed by atoms with Crippen LogP contribution in [-0.2, 0) is 4.74 Å². The smallest absolute Gasteiger partial charge is 0.340 e. The van der Waals surface area contributed by atoms with Crippen molar-refractivity contribution in [1.82, 2.24) is 4.40 Å². The van der Waals surface area contributed by atoms with E-state index in [2.05, 4.69) is 0 Å². The quantitative estimate of drug-likeness (QED) is 0.726. The molecule has 0 aliphatic rings. The molecule has 2 heterocycles. The van der Waals surface area contributed by atoms with Gasteiger partial charge in [0.1, 0.15) is 10.8 Å². The van der Waals surface area contributed by atoms with Gasteiger partial charge in [-0.1, -0.05) is 17.7 Å². The molecule has 3 nitrogen and oxygen atoms in total. The average Bonchev–Trinajstić information content (AvgIpc) is 2.55. The van der Waals surface area contributed by atoms with Crippen LogP contribution in [0.4, 0.5) is 0 Å². The number of aromatic nitrogens is 1. The summed E-state index contributed by atoms with van der Waals surface area (Å²) in [5.41, 5.74) is 0.740. The largest absolute Gasteiger partial charge is 0.456 e. The molecule has 2 aromatic heterocycles. The van der Waals surface area contributed by atoms with Crippen LogP contribution in [0.15, 0.2) is 30.5 Å². The first-order chi connectivity index (χ1) is 7.88. The maximum atomic E-state index is 12.0. The molecule has 0 fully saturated rings. The number of hydrogen-bond acceptors (Lipinski definition) is 2. The number of carbonyl (C=O) groups excluding carboxylic acids is 1. The molecule has 4 heteroatoms. The molecule has 2 aromatic rings. The van der Waals surface area contributed by atoms with E-state index in [0.717, 1.165) is 5.52 Å². The summed E-state index contributed by atoms with van der Waals surface area (Å²) in [6.07, 6.45) is 1.81. The topological polar surface area (TPSA) is 30.7 Å². The Labute approximate surface area is 105 Å². The van der Waals surface area contributed by atoms with Crippen LogP contribution in [0, 0.1) is 0 Å². The first-order valence-corrected chi connectivity index (χ1v) is 5.75. The number of fused-ring (bicyclic) bond motifs is 1. The van der Waals surface area contributed by atoms with Gasteiger partial charge in [0.2, 0.25) is 0 Å².